The molecule has 306 valence electrons. The number of phosphoric acid groups is 2. The molecule has 1 saturated heterocycles. The van der Waals surface area contributed by atoms with Crippen LogP contribution in [0.5, 0.6) is 11.5 Å². The number of rotatable bonds is 21. The summed E-state index contributed by atoms with van der Waals surface area (Å²) in [5.74, 6) is -0.407. The number of unbranched alkanes of at least 4 members (excludes halogenated alkanes) is 4. The largest absolute Gasteiger partial charge is 0.484 e. The van der Waals surface area contributed by atoms with Gasteiger partial charge in [-0.1, -0.05) is 62.0 Å². The van der Waals surface area contributed by atoms with Crippen LogP contribution in [0.15, 0.2) is 69.4 Å². The second kappa shape index (κ2) is 21.7. The smallest absolute Gasteiger partial charge is 0.427 e. The van der Waals surface area contributed by atoms with E-state index >= 15 is 0 Å². The fraction of sp³-hybridized carbons (Fsp3) is 0.471. The van der Waals surface area contributed by atoms with Gasteiger partial charge in [-0.15, -0.1) is 0 Å². The van der Waals surface area contributed by atoms with Crippen LogP contribution in [-0.4, -0.2) is 45.1 Å². The van der Waals surface area contributed by atoms with Crippen molar-refractivity contribution in [1.82, 2.24) is 15.7 Å². The first-order valence-electron chi connectivity index (χ1n) is 17.4. The van der Waals surface area contributed by atoms with Gasteiger partial charge in [-0.3, -0.25) is 37.5 Å². The molecular weight excluding hydrogens is 778 g/mol. The number of nitrogens with zero attached hydrogens (tertiary/aromatic N) is 4. The fourth-order valence-corrected chi connectivity index (χ4v) is 7.86. The highest BCUT2D eigenvalue weighted by atomic mass is 31.3. The third-order valence-corrected chi connectivity index (χ3v) is 11.1. The Morgan fingerprint density at radius 2 is 1.55 bits per heavy atom. The SMILES string of the molecule is CCCCCCCC(=O)Oc1ccc(COP(=O)(OCc2ccc(OC(C)=O)cc2)OP(=O)(O)OC[C@H]2O[C@@H](n3cc(C)c(=O)[nH]c3=O)CC2N=[N+]=[N-])cc1.N. The van der Waals surface area contributed by atoms with Gasteiger partial charge in [0.05, 0.1) is 32.0 Å². The molecule has 0 amide bonds. The van der Waals surface area contributed by atoms with Crippen LogP contribution >= 0.6 is 15.6 Å². The lowest BCUT2D eigenvalue weighted by Crippen LogP contribution is -2.33. The normalized spacial score (nSPS) is 18.5. The first-order valence-corrected chi connectivity index (χ1v) is 20.3. The van der Waals surface area contributed by atoms with Crippen molar-refractivity contribution in [2.45, 2.75) is 97.3 Å². The van der Waals surface area contributed by atoms with E-state index in [1.165, 1.54) is 68.6 Å². The average molecular weight is 825 g/mol. The monoisotopic (exact) mass is 824 g/mol. The second-order valence-corrected chi connectivity index (χ2v) is 15.7. The van der Waals surface area contributed by atoms with Crippen molar-refractivity contribution in [3.63, 3.8) is 0 Å². The number of phosphoric ester groups is 2. The van der Waals surface area contributed by atoms with E-state index in [9.17, 15) is 33.2 Å². The van der Waals surface area contributed by atoms with Gasteiger partial charge in [-0.05, 0) is 54.3 Å². The Hall–Kier alpha value is -4.45. The maximum atomic E-state index is 13.9. The molecule has 1 aliphatic heterocycles. The number of carbonyl (C=O) groups excluding carboxylic acids is 2. The molecule has 0 bridgehead atoms. The summed E-state index contributed by atoms with van der Waals surface area (Å²) >= 11 is 0. The molecule has 1 aromatic heterocycles. The summed E-state index contributed by atoms with van der Waals surface area (Å²) in [4.78, 5) is 63.3. The molecule has 1 fully saturated rings. The number of benzene rings is 2. The number of hydrogen-bond acceptors (Lipinski definition) is 15. The number of carbonyl (C=O) groups is 2. The highest BCUT2D eigenvalue weighted by Crippen LogP contribution is 2.64. The number of aromatic nitrogens is 2. The van der Waals surface area contributed by atoms with Gasteiger partial charge in [-0.2, -0.15) is 4.31 Å². The first kappa shape index (κ1) is 45.9. The summed E-state index contributed by atoms with van der Waals surface area (Å²) in [7, 11) is -10.2. The van der Waals surface area contributed by atoms with E-state index in [2.05, 4.69) is 21.9 Å². The van der Waals surface area contributed by atoms with Crippen molar-refractivity contribution < 1.29 is 55.7 Å². The molecule has 1 aliphatic rings. The zero-order valence-electron chi connectivity index (χ0n) is 31.1. The minimum atomic E-state index is -5.29. The van der Waals surface area contributed by atoms with E-state index < -0.39 is 71.1 Å². The lowest BCUT2D eigenvalue weighted by atomic mass is 10.1. The Bertz CT molecular complexity index is 2040. The molecule has 0 spiro atoms. The molecule has 5 N–H and O–H groups in total. The van der Waals surface area contributed by atoms with E-state index in [0.717, 1.165) is 36.7 Å². The summed E-state index contributed by atoms with van der Waals surface area (Å²) in [5, 5.41) is 3.63. The topological polar surface area (TPSA) is 292 Å². The predicted molar refractivity (Wildman–Crippen MR) is 200 cm³/mol. The van der Waals surface area contributed by atoms with Crippen LogP contribution in [0.25, 0.3) is 10.4 Å². The number of ether oxygens (including phenoxy) is 3. The van der Waals surface area contributed by atoms with Gasteiger partial charge in [0.25, 0.3) is 5.56 Å². The van der Waals surface area contributed by atoms with Gasteiger partial charge in [0.1, 0.15) is 17.7 Å². The molecule has 0 aliphatic carbocycles. The highest BCUT2D eigenvalue weighted by Gasteiger charge is 2.42. The quantitative estimate of drug-likeness (QED) is 0.0188. The summed E-state index contributed by atoms with van der Waals surface area (Å²) in [6.07, 6.45) is 4.15. The average Bonchev–Trinajstić information content (AvgIpc) is 3.54. The lowest BCUT2D eigenvalue weighted by Gasteiger charge is -2.22. The van der Waals surface area contributed by atoms with E-state index in [1.54, 1.807) is 0 Å². The first-order chi connectivity index (χ1) is 26.2. The zero-order chi connectivity index (χ0) is 40.0. The molecule has 2 aromatic carbocycles. The van der Waals surface area contributed by atoms with Gasteiger partial charge in [0, 0.05) is 36.4 Å². The minimum Gasteiger partial charge on any atom is -0.427 e. The highest BCUT2D eigenvalue weighted by molar-refractivity contribution is 7.61. The molecule has 3 aromatic rings. The molecule has 4 rings (SSSR count). The van der Waals surface area contributed by atoms with Crippen molar-refractivity contribution in [3.05, 3.63) is 103 Å². The van der Waals surface area contributed by atoms with Crippen molar-refractivity contribution >= 4 is 27.6 Å². The predicted octanol–water partition coefficient (Wildman–Crippen LogP) is 6.84. The maximum Gasteiger partial charge on any atom is 0.484 e. The number of aromatic amines is 1. The van der Waals surface area contributed by atoms with Crippen LogP contribution in [0.1, 0.15) is 81.7 Å². The molecule has 0 radical (unpaired) electrons. The second-order valence-electron chi connectivity index (χ2n) is 12.5. The fourth-order valence-electron chi connectivity index (χ4n) is 5.26. The molecule has 5 atom stereocenters. The van der Waals surface area contributed by atoms with Gasteiger partial charge in [0.15, 0.2) is 0 Å². The molecule has 22 heteroatoms. The van der Waals surface area contributed by atoms with Gasteiger partial charge in [0.2, 0.25) is 0 Å². The van der Waals surface area contributed by atoms with Crippen LogP contribution in [0.3, 0.4) is 0 Å². The molecular formula is C34H46N6O14P2. The number of nitrogens with one attached hydrogen (secondary N) is 1. The Morgan fingerprint density at radius 3 is 2.12 bits per heavy atom. The van der Waals surface area contributed by atoms with Gasteiger partial charge < -0.3 is 25.3 Å². The van der Waals surface area contributed by atoms with Crippen LogP contribution in [0.2, 0.25) is 0 Å². The summed E-state index contributed by atoms with van der Waals surface area (Å²) in [6.45, 7) is 3.17. The Kier molecular flexibility index (Phi) is 17.8. The van der Waals surface area contributed by atoms with Crippen molar-refractivity contribution in [1.29, 1.82) is 0 Å². The van der Waals surface area contributed by atoms with Gasteiger partial charge in [-0.25, -0.2) is 13.9 Å². The minimum absolute atomic E-state index is 0. The zero-order valence-corrected chi connectivity index (χ0v) is 32.9. The summed E-state index contributed by atoms with van der Waals surface area (Å²) in [6, 6.07) is 10.9. The van der Waals surface area contributed by atoms with E-state index in [0.29, 0.717) is 11.1 Å². The Labute approximate surface area is 321 Å². The van der Waals surface area contributed by atoms with E-state index in [4.69, 9.17) is 37.6 Å². The van der Waals surface area contributed by atoms with Gasteiger partial charge >= 0.3 is 33.3 Å². The van der Waals surface area contributed by atoms with E-state index in [1.807, 2.05) is 0 Å². The molecule has 0 saturated carbocycles. The Morgan fingerprint density at radius 1 is 0.964 bits per heavy atom. The lowest BCUT2D eigenvalue weighted by molar-refractivity contribution is -0.134. The molecule has 3 unspecified atom stereocenters. The summed E-state index contributed by atoms with van der Waals surface area (Å²) in [5.41, 5.74) is 8.70. The number of azide groups is 1. The van der Waals surface area contributed by atoms with Crippen LogP contribution in [0, 0.1) is 6.92 Å². The Balaban J connectivity index is 0.00000841. The maximum absolute atomic E-state index is 13.9. The standard InChI is InChI=1S/C34H43N5O14P2.H3N/c1-4-5-6-7-8-9-32(41)51-28-16-12-26(13-17-28)21-49-55(46,48-20-25-10-14-27(15-11-25)50-24(3)40)53-54(44,45)47-22-30-29(37-38-35)18-31(52-30)39-19-23(2)33(42)36-34(39)43;/h10-17,19,29-31H,4-9,18,20-22H2,1-3H3,(H,44,45)(H,36,42,43);1H3/t29?,30-,31-,55?;/m1./s1. The van der Waals surface area contributed by atoms with Crippen LogP contribution in [0.4, 0.5) is 0 Å². The molecule has 20 nitrogen and oxygen atoms in total. The summed E-state index contributed by atoms with van der Waals surface area (Å²) < 4.78 is 65.3. The third-order valence-electron chi connectivity index (χ3n) is 8.07. The number of aryl methyl sites for hydroxylation is 1. The molecule has 56 heavy (non-hydrogen) atoms. The molecule has 2 heterocycles. The number of esters is 2. The van der Waals surface area contributed by atoms with Crippen molar-refractivity contribution in [2.75, 3.05) is 6.61 Å². The van der Waals surface area contributed by atoms with Crippen LogP contribution < -0.4 is 26.9 Å². The van der Waals surface area contributed by atoms with Crippen molar-refractivity contribution in [2.24, 2.45) is 5.11 Å². The third kappa shape index (κ3) is 14.6. The van der Waals surface area contributed by atoms with Crippen LogP contribution in [-0.2, 0) is 54.6 Å². The van der Waals surface area contributed by atoms with E-state index in [-0.39, 0.29) is 42.0 Å². The van der Waals surface area contributed by atoms with Crippen molar-refractivity contribution in [3.8, 4) is 11.5 Å². The number of hydrogen-bond donors (Lipinski definition) is 3. The number of H-pyrrole nitrogens is 1.